The van der Waals surface area contributed by atoms with Crippen LogP contribution in [-0.2, 0) is 15.7 Å². The highest BCUT2D eigenvalue weighted by Crippen LogP contribution is 2.35. The number of rotatable bonds is 2. The summed E-state index contributed by atoms with van der Waals surface area (Å²) in [6, 6.07) is 4.60. The van der Waals surface area contributed by atoms with Crippen LogP contribution in [0.4, 0.5) is 13.2 Å². The van der Waals surface area contributed by atoms with Crippen LogP contribution >= 0.6 is 15.9 Å². The molecule has 1 aliphatic rings. The van der Waals surface area contributed by atoms with Crippen molar-refractivity contribution >= 4 is 21.9 Å². The quantitative estimate of drug-likeness (QED) is 0.454. The van der Waals surface area contributed by atoms with Gasteiger partial charge in [-0.25, -0.2) is 0 Å². The smallest absolute Gasteiger partial charge is 0.416 e. The molecular weight excluding hydrogens is 349 g/mol. The van der Waals surface area contributed by atoms with Crippen LogP contribution in [0.3, 0.4) is 0 Å². The summed E-state index contributed by atoms with van der Waals surface area (Å²) in [6.07, 6.45) is -2.14. The molecule has 21 heavy (non-hydrogen) atoms. The van der Waals surface area contributed by atoms with E-state index in [1.807, 2.05) is 0 Å². The number of hydrogen-bond donors (Lipinski definition) is 0. The molecule has 1 aliphatic carbocycles. The molecule has 2 nitrogen and oxygen atoms in total. The van der Waals surface area contributed by atoms with Crippen LogP contribution in [0.25, 0.3) is 0 Å². The Kier molecular flexibility index (Phi) is 4.62. The summed E-state index contributed by atoms with van der Waals surface area (Å²) in [7, 11) is 0. The average Bonchev–Trinajstić information content (AvgIpc) is 2.40. The van der Waals surface area contributed by atoms with Crippen molar-refractivity contribution in [2.75, 3.05) is 5.33 Å². The minimum absolute atomic E-state index is 0.0940. The molecule has 2 rings (SSSR count). The van der Waals surface area contributed by atoms with Crippen LogP contribution in [0.15, 0.2) is 24.3 Å². The number of halogens is 4. The zero-order valence-corrected chi connectivity index (χ0v) is 12.6. The summed E-state index contributed by atoms with van der Waals surface area (Å²) in [4.78, 5) is 11.3. The predicted octanol–water partition coefficient (Wildman–Crippen LogP) is 3.92. The van der Waals surface area contributed by atoms with Crippen molar-refractivity contribution in [1.29, 1.82) is 0 Å². The maximum atomic E-state index is 12.4. The largest absolute Gasteiger partial charge is 0.445 e. The molecule has 0 aromatic heterocycles. The maximum Gasteiger partial charge on any atom is 0.416 e. The molecule has 6 heteroatoms. The van der Waals surface area contributed by atoms with Gasteiger partial charge < -0.3 is 4.74 Å². The van der Waals surface area contributed by atoms with E-state index in [-0.39, 0.29) is 5.33 Å². The highest BCUT2D eigenvalue weighted by molar-refractivity contribution is 9.09. The fraction of sp³-hybridized carbons (Fsp3) is 0.400. The molecule has 0 radical (unpaired) electrons. The third kappa shape index (κ3) is 4.01. The highest BCUT2D eigenvalue weighted by Gasteiger charge is 2.39. The molecule has 0 saturated heterocycles. The Bertz CT molecular complexity index is 578. The first-order valence-corrected chi connectivity index (χ1v) is 7.45. The second kappa shape index (κ2) is 6.10. The number of benzene rings is 1. The number of hydrogen-bond acceptors (Lipinski definition) is 2. The Morgan fingerprint density at radius 3 is 2.33 bits per heavy atom. The Labute approximate surface area is 128 Å². The van der Waals surface area contributed by atoms with E-state index in [1.54, 1.807) is 0 Å². The molecule has 0 atom stereocenters. The Morgan fingerprint density at radius 1 is 1.29 bits per heavy atom. The van der Waals surface area contributed by atoms with Crippen LogP contribution in [0.2, 0.25) is 0 Å². The van der Waals surface area contributed by atoms with Crippen LogP contribution in [0, 0.1) is 11.8 Å². The molecule has 0 bridgehead atoms. The van der Waals surface area contributed by atoms with Gasteiger partial charge in [-0.2, -0.15) is 13.2 Å². The van der Waals surface area contributed by atoms with Crippen molar-refractivity contribution in [3.63, 3.8) is 0 Å². The Morgan fingerprint density at radius 2 is 1.90 bits per heavy atom. The molecule has 112 valence electrons. The van der Waals surface area contributed by atoms with Crippen LogP contribution in [-0.4, -0.2) is 16.9 Å². The first-order valence-electron chi connectivity index (χ1n) is 6.33. The molecule has 1 saturated carbocycles. The van der Waals surface area contributed by atoms with Gasteiger partial charge in [-0.15, -0.1) is 0 Å². The average molecular weight is 361 g/mol. The summed E-state index contributed by atoms with van der Waals surface area (Å²) < 4.78 is 42.6. The molecule has 0 unspecified atom stereocenters. The summed E-state index contributed by atoms with van der Waals surface area (Å²) in [5, 5.41) is 0.0940. The van der Waals surface area contributed by atoms with Crippen LogP contribution in [0.1, 0.15) is 30.4 Å². The van der Waals surface area contributed by atoms with Gasteiger partial charge in [0, 0.05) is 5.56 Å². The third-order valence-corrected chi connectivity index (χ3v) is 3.68. The summed E-state index contributed by atoms with van der Waals surface area (Å²) in [5.74, 6) is 5.27. The van der Waals surface area contributed by atoms with Gasteiger partial charge in [0.2, 0.25) is 0 Å². The van der Waals surface area contributed by atoms with Gasteiger partial charge >= 0.3 is 12.1 Å². The topological polar surface area (TPSA) is 26.3 Å². The Hall–Kier alpha value is -1.48. The number of carbonyl (C=O) groups is 1. The molecule has 0 amide bonds. The zero-order valence-electron chi connectivity index (χ0n) is 11.0. The molecule has 0 N–H and O–H groups in total. The SMILES string of the molecule is O=C(CBr)OC1(C#Cc2ccc(C(F)(F)F)cc2)CCC1. The van der Waals surface area contributed by atoms with E-state index >= 15 is 0 Å². The van der Waals surface area contributed by atoms with E-state index in [9.17, 15) is 18.0 Å². The van der Waals surface area contributed by atoms with E-state index in [4.69, 9.17) is 4.74 Å². The lowest BCUT2D eigenvalue weighted by Crippen LogP contribution is -2.40. The fourth-order valence-electron chi connectivity index (χ4n) is 1.92. The number of ether oxygens (including phenoxy) is 1. The molecule has 0 aliphatic heterocycles. The standard InChI is InChI=1S/C15H12BrF3O2/c16-10-13(20)21-14(7-1-8-14)9-6-11-2-4-12(5-3-11)15(17,18)19/h2-5H,1,7-8,10H2. The van der Waals surface area contributed by atoms with E-state index in [2.05, 4.69) is 27.8 Å². The number of carbonyl (C=O) groups excluding carboxylic acids is 1. The fourth-order valence-corrected chi connectivity index (χ4v) is 2.04. The lowest BCUT2D eigenvalue weighted by molar-refractivity contribution is -0.157. The van der Waals surface area contributed by atoms with E-state index in [1.165, 1.54) is 12.1 Å². The van der Waals surface area contributed by atoms with E-state index in [0.29, 0.717) is 18.4 Å². The van der Waals surface area contributed by atoms with Gasteiger partial charge in [0.05, 0.1) is 5.56 Å². The molecule has 1 aromatic carbocycles. The highest BCUT2D eigenvalue weighted by atomic mass is 79.9. The van der Waals surface area contributed by atoms with Crippen molar-refractivity contribution in [3.8, 4) is 11.8 Å². The Balaban J connectivity index is 2.12. The van der Waals surface area contributed by atoms with Gasteiger partial charge in [-0.1, -0.05) is 21.9 Å². The molecule has 0 heterocycles. The van der Waals surface area contributed by atoms with Crippen molar-refractivity contribution in [3.05, 3.63) is 35.4 Å². The summed E-state index contributed by atoms with van der Waals surface area (Å²) in [6.45, 7) is 0. The van der Waals surface area contributed by atoms with Gasteiger partial charge in [0.25, 0.3) is 0 Å². The van der Waals surface area contributed by atoms with Crippen molar-refractivity contribution < 1.29 is 22.7 Å². The van der Waals surface area contributed by atoms with Gasteiger partial charge in [-0.3, -0.25) is 4.79 Å². The normalized spacial score (nSPS) is 16.4. The third-order valence-electron chi connectivity index (χ3n) is 3.23. The monoisotopic (exact) mass is 360 g/mol. The van der Waals surface area contributed by atoms with Crippen LogP contribution in [0.5, 0.6) is 0 Å². The second-order valence-electron chi connectivity index (χ2n) is 4.78. The van der Waals surface area contributed by atoms with Gasteiger partial charge in [0.1, 0.15) is 5.33 Å². The minimum atomic E-state index is -4.35. The molecular formula is C15H12BrF3O2. The number of esters is 1. The lowest BCUT2D eigenvalue weighted by Gasteiger charge is -2.36. The summed E-state index contributed by atoms with van der Waals surface area (Å²) >= 11 is 3.01. The maximum absolute atomic E-state index is 12.4. The van der Waals surface area contributed by atoms with Crippen LogP contribution < -0.4 is 0 Å². The minimum Gasteiger partial charge on any atom is -0.445 e. The molecule has 1 fully saturated rings. The number of alkyl halides is 4. The van der Waals surface area contributed by atoms with Gasteiger partial charge in [0.15, 0.2) is 5.60 Å². The van der Waals surface area contributed by atoms with E-state index < -0.39 is 23.3 Å². The lowest BCUT2D eigenvalue weighted by atomic mass is 9.80. The predicted molar refractivity (Wildman–Crippen MR) is 74.8 cm³/mol. The van der Waals surface area contributed by atoms with Crippen molar-refractivity contribution in [2.45, 2.75) is 31.0 Å². The first-order chi connectivity index (χ1) is 9.85. The molecule has 1 aromatic rings. The second-order valence-corrected chi connectivity index (χ2v) is 5.34. The van der Waals surface area contributed by atoms with E-state index in [0.717, 1.165) is 18.6 Å². The summed E-state index contributed by atoms with van der Waals surface area (Å²) in [5.41, 5.74) is -1.03. The first kappa shape index (κ1) is 15.9. The zero-order chi connectivity index (χ0) is 15.5. The van der Waals surface area contributed by atoms with Gasteiger partial charge in [-0.05, 0) is 49.4 Å². The molecule has 0 spiro atoms. The van der Waals surface area contributed by atoms with Crippen molar-refractivity contribution in [2.24, 2.45) is 0 Å². The van der Waals surface area contributed by atoms with Crippen molar-refractivity contribution in [1.82, 2.24) is 0 Å².